The normalized spacial score (nSPS) is 24.4. The maximum absolute atomic E-state index is 8.73. The minimum absolute atomic E-state index is 0.251. The van der Waals surface area contributed by atoms with E-state index in [2.05, 4.69) is 24.1 Å². The second kappa shape index (κ2) is 6.38. The van der Waals surface area contributed by atoms with E-state index in [1.54, 1.807) is 0 Å². The predicted octanol–water partition coefficient (Wildman–Crippen LogP) is 0.689. The number of nitrogens with one attached hydrogen (secondary N) is 1. The maximum Gasteiger partial charge on any atom is 0.0556 e. The largest absolute Gasteiger partial charge is 0.395 e. The molecule has 0 aromatic carbocycles. The number of piperidine rings is 1. The molecule has 0 radical (unpaired) electrons. The van der Waals surface area contributed by atoms with Crippen LogP contribution in [0.25, 0.3) is 0 Å². The molecule has 0 aromatic heterocycles. The molecule has 2 N–H and O–H groups in total. The molecule has 0 bridgehead atoms. The third-order valence-corrected chi connectivity index (χ3v) is 2.67. The lowest BCUT2D eigenvalue weighted by Crippen LogP contribution is -2.47. The minimum atomic E-state index is 0.251. The van der Waals surface area contributed by atoms with Crippen LogP contribution in [0.2, 0.25) is 0 Å². The van der Waals surface area contributed by atoms with Gasteiger partial charge in [-0.1, -0.05) is 13.8 Å². The molecule has 1 heterocycles. The van der Waals surface area contributed by atoms with Gasteiger partial charge in [0.05, 0.1) is 6.61 Å². The van der Waals surface area contributed by atoms with Gasteiger partial charge in [0.15, 0.2) is 0 Å². The van der Waals surface area contributed by atoms with Crippen LogP contribution >= 0.6 is 0 Å². The van der Waals surface area contributed by atoms with Crippen molar-refractivity contribution in [1.82, 2.24) is 10.2 Å². The Morgan fingerprint density at radius 1 is 1.50 bits per heavy atom. The van der Waals surface area contributed by atoms with E-state index >= 15 is 0 Å². The van der Waals surface area contributed by atoms with E-state index in [4.69, 9.17) is 5.11 Å². The summed E-state index contributed by atoms with van der Waals surface area (Å²) >= 11 is 0. The van der Waals surface area contributed by atoms with E-state index in [1.165, 1.54) is 25.9 Å². The third kappa shape index (κ3) is 4.40. The zero-order valence-electron chi connectivity index (χ0n) is 9.50. The van der Waals surface area contributed by atoms with Gasteiger partial charge < -0.3 is 15.3 Å². The van der Waals surface area contributed by atoms with Crippen LogP contribution in [0.15, 0.2) is 0 Å². The molecule has 3 nitrogen and oxygen atoms in total. The molecule has 0 spiro atoms. The lowest BCUT2D eigenvalue weighted by molar-refractivity contribution is 0.168. The topological polar surface area (TPSA) is 35.5 Å². The van der Waals surface area contributed by atoms with Crippen LogP contribution in [0, 0.1) is 5.92 Å². The molecule has 0 amide bonds. The summed E-state index contributed by atoms with van der Waals surface area (Å²) in [6, 6.07) is 0.592. The van der Waals surface area contributed by atoms with E-state index in [0.29, 0.717) is 6.04 Å². The standard InChI is InChI=1S/C11H24N2O/c1-10(2)8-13-6-3-4-11(9-13)12-5-7-14/h10-12,14H,3-9H2,1-2H3. The van der Waals surface area contributed by atoms with Gasteiger partial charge in [-0.05, 0) is 25.3 Å². The molecule has 0 saturated carbocycles. The second-order valence-electron chi connectivity index (χ2n) is 4.67. The monoisotopic (exact) mass is 200 g/mol. The van der Waals surface area contributed by atoms with Gasteiger partial charge in [-0.2, -0.15) is 0 Å². The molecule has 1 saturated heterocycles. The Morgan fingerprint density at radius 3 is 2.93 bits per heavy atom. The molecular formula is C11H24N2O. The fraction of sp³-hybridized carbons (Fsp3) is 1.00. The van der Waals surface area contributed by atoms with E-state index < -0.39 is 0 Å². The Hall–Kier alpha value is -0.120. The summed E-state index contributed by atoms with van der Waals surface area (Å²) in [4.78, 5) is 2.53. The number of hydrogen-bond acceptors (Lipinski definition) is 3. The maximum atomic E-state index is 8.73. The summed E-state index contributed by atoms with van der Waals surface area (Å²) in [5, 5.41) is 12.1. The van der Waals surface area contributed by atoms with Crippen molar-refractivity contribution in [2.45, 2.75) is 32.7 Å². The molecule has 1 aliphatic rings. The number of aliphatic hydroxyl groups excluding tert-OH is 1. The molecule has 1 atom stereocenters. The van der Waals surface area contributed by atoms with Crippen LogP contribution in [0.5, 0.6) is 0 Å². The van der Waals surface area contributed by atoms with Gasteiger partial charge >= 0.3 is 0 Å². The third-order valence-electron chi connectivity index (χ3n) is 2.67. The van der Waals surface area contributed by atoms with Crippen LogP contribution < -0.4 is 5.32 Å². The minimum Gasteiger partial charge on any atom is -0.395 e. The molecule has 14 heavy (non-hydrogen) atoms. The molecule has 3 heteroatoms. The summed E-state index contributed by atoms with van der Waals surface area (Å²) in [5.41, 5.74) is 0. The van der Waals surface area contributed by atoms with Gasteiger partial charge in [0.2, 0.25) is 0 Å². The lowest BCUT2D eigenvalue weighted by Gasteiger charge is -2.34. The quantitative estimate of drug-likeness (QED) is 0.685. The first-order valence-electron chi connectivity index (χ1n) is 5.79. The van der Waals surface area contributed by atoms with Gasteiger partial charge in [0.25, 0.3) is 0 Å². The van der Waals surface area contributed by atoms with Gasteiger partial charge in [0.1, 0.15) is 0 Å². The van der Waals surface area contributed by atoms with Crippen LogP contribution in [-0.4, -0.2) is 48.8 Å². The smallest absolute Gasteiger partial charge is 0.0556 e. The highest BCUT2D eigenvalue weighted by atomic mass is 16.3. The average molecular weight is 200 g/mol. The number of rotatable bonds is 5. The van der Waals surface area contributed by atoms with Crippen molar-refractivity contribution in [3.05, 3.63) is 0 Å². The van der Waals surface area contributed by atoms with Crippen molar-refractivity contribution in [2.24, 2.45) is 5.92 Å². The van der Waals surface area contributed by atoms with Crippen LogP contribution in [-0.2, 0) is 0 Å². The first-order chi connectivity index (χ1) is 6.72. The molecule has 1 unspecified atom stereocenters. The fourth-order valence-corrected chi connectivity index (χ4v) is 2.17. The molecule has 1 rings (SSSR count). The highest BCUT2D eigenvalue weighted by molar-refractivity contribution is 4.78. The van der Waals surface area contributed by atoms with E-state index in [1.807, 2.05) is 0 Å². The Bertz CT molecular complexity index is 150. The van der Waals surface area contributed by atoms with Crippen molar-refractivity contribution >= 4 is 0 Å². The van der Waals surface area contributed by atoms with Crippen molar-refractivity contribution in [3.63, 3.8) is 0 Å². The van der Waals surface area contributed by atoms with Crippen LogP contribution in [0.1, 0.15) is 26.7 Å². The number of likely N-dealkylation sites (tertiary alicyclic amines) is 1. The number of hydrogen-bond donors (Lipinski definition) is 2. The zero-order valence-corrected chi connectivity index (χ0v) is 9.50. The highest BCUT2D eigenvalue weighted by Crippen LogP contribution is 2.11. The van der Waals surface area contributed by atoms with Crippen LogP contribution in [0.3, 0.4) is 0 Å². The van der Waals surface area contributed by atoms with E-state index in [9.17, 15) is 0 Å². The van der Waals surface area contributed by atoms with Crippen molar-refractivity contribution in [3.8, 4) is 0 Å². The molecule has 84 valence electrons. The lowest BCUT2D eigenvalue weighted by atomic mass is 10.0. The summed E-state index contributed by atoms with van der Waals surface area (Å²) in [5.74, 6) is 0.756. The number of nitrogens with zero attached hydrogens (tertiary/aromatic N) is 1. The van der Waals surface area contributed by atoms with E-state index in [-0.39, 0.29) is 6.61 Å². The Kier molecular flexibility index (Phi) is 5.45. The molecule has 1 aliphatic heterocycles. The van der Waals surface area contributed by atoms with Gasteiger partial charge in [-0.15, -0.1) is 0 Å². The Morgan fingerprint density at radius 2 is 2.29 bits per heavy atom. The zero-order chi connectivity index (χ0) is 10.4. The van der Waals surface area contributed by atoms with Gasteiger partial charge in [-0.3, -0.25) is 0 Å². The first-order valence-corrected chi connectivity index (χ1v) is 5.79. The predicted molar refractivity (Wildman–Crippen MR) is 59.4 cm³/mol. The molecule has 0 aromatic rings. The fourth-order valence-electron chi connectivity index (χ4n) is 2.17. The molecule has 1 fully saturated rings. The van der Waals surface area contributed by atoms with Crippen molar-refractivity contribution in [1.29, 1.82) is 0 Å². The summed E-state index contributed by atoms with van der Waals surface area (Å²) < 4.78 is 0. The van der Waals surface area contributed by atoms with Crippen molar-refractivity contribution in [2.75, 3.05) is 32.8 Å². The average Bonchev–Trinajstić information content (AvgIpc) is 2.14. The second-order valence-corrected chi connectivity index (χ2v) is 4.67. The summed E-state index contributed by atoms with van der Waals surface area (Å²) in [7, 11) is 0. The van der Waals surface area contributed by atoms with E-state index in [0.717, 1.165) is 19.0 Å². The Labute approximate surface area is 87.5 Å². The molecule has 0 aliphatic carbocycles. The van der Waals surface area contributed by atoms with Gasteiger partial charge in [-0.25, -0.2) is 0 Å². The van der Waals surface area contributed by atoms with Crippen LogP contribution in [0.4, 0.5) is 0 Å². The SMILES string of the molecule is CC(C)CN1CCCC(NCCO)C1. The Balaban J connectivity index is 2.21. The first kappa shape index (κ1) is 12.0. The highest BCUT2D eigenvalue weighted by Gasteiger charge is 2.19. The number of aliphatic hydroxyl groups is 1. The van der Waals surface area contributed by atoms with Gasteiger partial charge in [0, 0.05) is 25.7 Å². The molecular weight excluding hydrogens is 176 g/mol. The van der Waals surface area contributed by atoms with Crippen molar-refractivity contribution < 1.29 is 5.11 Å². The summed E-state index contributed by atoms with van der Waals surface area (Å²) in [6.07, 6.45) is 2.55. The summed E-state index contributed by atoms with van der Waals surface area (Å²) in [6.45, 7) is 9.13.